The van der Waals surface area contributed by atoms with Gasteiger partial charge in [-0.1, -0.05) is 12.1 Å². The van der Waals surface area contributed by atoms with Crippen LogP contribution in [0.4, 0.5) is 11.4 Å². The zero-order valence-corrected chi connectivity index (χ0v) is 16.8. The number of carboxylic acids is 1. The molecule has 0 atom stereocenters. The first-order valence-electron chi connectivity index (χ1n) is 9.19. The van der Waals surface area contributed by atoms with Crippen molar-refractivity contribution in [3.63, 3.8) is 0 Å². The molecule has 8 heteroatoms. The van der Waals surface area contributed by atoms with Crippen molar-refractivity contribution in [3.05, 3.63) is 83.4 Å². The van der Waals surface area contributed by atoms with Crippen LogP contribution in [0.5, 0.6) is 11.5 Å². The van der Waals surface area contributed by atoms with Gasteiger partial charge in [-0.25, -0.2) is 4.79 Å². The van der Waals surface area contributed by atoms with Crippen LogP contribution >= 0.6 is 0 Å². The minimum absolute atomic E-state index is 0.00606. The van der Waals surface area contributed by atoms with Crippen LogP contribution in [-0.2, 0) is 0 Å². The van der Waals surface area contributed by atoms with E-state index in [0.717, 1.165) is 0 Å². The number of hydrogen-bond acceptors (Lipinski definition) is 5. The van der Waals surface area contributed by atoms with E-state index in [2.05, 4.69) is 10.6 Å². The Morgan fingerprint density at radius 3 is 1.90 bits per heavy atom. The fourth-order valence-corrected chi connectivity index (χ4v) is 2.82. The number of carboxylic acid groups (broad SMARTS) is 1. The molecular weight excluding hydrogens is 400 g/mol. The monoisotopic (exact) mass is 420 g/mol. The largest absolute Gasteiger partial charge is 0.497 e. The van der Waals surface area contributed by atoms with E-state index in [1.807, 2.05) is 0 Å². The highest BCUT2D eigenvalue weighted by atomic mass is 16.5. The maximum absolute atomic E-state index is 12.6. The van der Waals surface area contributed by atoms with Gasteiger partial charge in [-0.2, -0.15) is 0 Å². The van der Waals surface area contributed by atoms with E-state index in [-0.39, 0.29) is 17.2 Å². The van der Waals surface area contributed by atoms with Crippen molar-refractivity contribution in [2.24, 2.45) is 0 Å². The molecule has 0 saturated heterocycles. The molecule has 0 unspecified atom stereocenters. The number of benzene rings is 3. The minimum atomic E-state index is -1.14. The molecule has 158 valence electrons. The van der Waals surface area contributed by atoms with Gasteiger partial charge in [-0.3, -0.25) is 9.59 Å². The topological polar surface area (TPSA) is 114 Å². The zero-order chi connectivity index (χ0) is 22.4. The molecular formula is C23H20N2O6. The normalized spacial score (nSPS) is 10.1. The first kappa shape index (κ1) is 21.4. The third-order valence-electron chi connectivity index (χ3n) is 4.42. The molecule has 0 aliphatic heterocycles. The number of para-hydroxylation sites is 1. The summed E-state index contributed by atoms with van der Waals surface area (Å²) in [7, 11) is 2.99. The summed E-state index contributed by atoms with van der Waals surface area (Å²) in [5, 5.41) is 14.5. The first-order chi connectivity index (χ1) is 14.9. The fraction of sp³-hybridized carbons (Fsp3) is 0.0870. The Morgan fingerprint density at radius 2 is 1.32 bits per heavy atom. The van der Waals surface area contributed by atoms with E-state index < -0.39 is 11.9 Å². The van der Waals surface area contributed by atoms with E-state index in [4.69, 9.17) is 9.47 Å². The fourth-order valence-electron chi connectivity index (χ4n) is 2.82. The Bertz CT molecular complexity index is 1100. The van der Waals surface area contributed by atoms with Gasteiger partial charge >= 0.3 is 5.97 Å². The molecule has 0 saturated carbocycles. The molecule has 2 amide bonds. The van der Waals surface area contributed by atoms with Gasteiger partial charge in [0.1, 0.15) is 11.5 Å². The molecule has 8 nitrogen and oxygen atoms in total. The van der Waals surface area contributed by atoms with Crippen molar-refractivity contribution >= 4 is 29.2 Å². The Morgan fingerprint density at radius 1 is 0.742 bits per heavy atom. The summed E-state index contributed by atoms with van der Waals surface area (Å²) in [5.74, 6) is -1.01. The van der Waals surface area contributed by atoms with Crippen molar-refractivity contribution in [3.8, 4) is 11.5 Å². The quantitative estimate of drug-likeness (QED) is 0.534. The van der Waals surface area contributed by atoms with Crippen LogP contribution in [0.25, 0.3) is 0 Å². The van der Waals surface area contributed by atoms with Crippen LogP contribution in [0, 0.1) is 0 Å². The first-order valence-corrected chi connectivity index (χ1v) is 9.19. The SMILES string of the molecule is COc1cc(OC)cc(C(=O)Nc2ccc(C(=O)Nc3ccccc3C(=O)O)cc2)c1. The molecule has 3 aromatic rings. The Labute approximate surface area is 178 Å². The van der Waals surface area contributed by atoms with Crippen molar-refractivity contribution in [2.45, 2.75) is 0 Å². The Balaban J connectivity index is 1.71. The average molecular weight is 420 g/mol. The van der Waals surface area contributed by atoms with Crippen LogP contribution < -0.4 is 20.1 Å². The Kier molecular flexibility index (Phi) is 6.51. The van der Waals surface area contributed by atoms with Gasteiger partial charge in [0.15, 0.2) is 0 Å². The van der Waals surface area contributed by atoms with Gasteiger partial charge in [0.2, 0.25) is 0 Å². The lowest BCUT2D eigenvalue weighted by Crippen LogP contribution is -2.15. The number of amides is 2. The molecule has 0 radical (unpaired) electrons. The van der Waals surface area contributed by atoms with E-state index in [9.17, 15) is 19.5 Å². The lowest BCUT2D eigenvalue weighted by atomic mass is 10.1. The summed E-state index contributed by atoms with van der Waals surface area (Å²) in [5.41, 5.74) is 1.33. The van der Waals surface area contributed by atoms with Crippen molar-refractivity contribution in [2.75, 3.05) is 24.9 Å². The average Bonchev–Trinajstić information content (AvgIpc) is 2.79. The summed E-state index contributed by atoms with van der Waals surface area (Å²) < 4.78 is 10.3. The van der Waals surface area contributed by atoms with Crippen molar-refractivity contribution in [1.82, 2.24) is 0 Å². The van der Waals surface area contributed by atoms with Crippen molar-refractivity contribution < 1.29 is 29.0 Å². The molecule has 0 aliphatic carbocycles. The second-order valence-electron chi connectivity index (χ2n) is 6.44. The van der Waals surface area contributed by atoms with Crippen LogP contribution in [0.3, 0.4) is 0 Å². The maximum atomic E-state index is 12.6. The van der Waals surface area contributed by atoms with E-state index in [0.29, 0.717) is 28.3 Å². The van der Waals surface area contributed by atoms with E-state index >= 15 is 0 Å². The number of ether oxygens (including phenoxy) is 2. The summed E-state index contributed by atoms with van der Waals surface area (Å²) in [6, 6.07) is 17.2. The number of aromatic carboxylic acids is 1. The highest BCUT2D eigenvalue weighted by molar-refractivity contribution is 6.08. The predicted octanol–water partition coefficient (Wildman–Crippen LogP) is 3.91. The van der Waals surface area contributed by atoms with Crippen LogP contribution in [0.1, 0.15) is 31.1 Å². The number of rotatable bonds is 7. The van der Waals surface area contributed by atoms with Crippen molar-refractivity contribution in [1.29, 1.82) is 0 Å². The van der Waals surface area contributed by atoms with Gasteiger partial charge in [-0.15, -0.1) is 0 Å². The molecule has 31 heavy (non-hydrogen) atoms. The van der Waals surface area contributed by atoms with Gasteiger partial charge in [-0.05, 0) is 48.5 Å². The van der Waals surface area contributed by atoms with Gasteiger partial charge in [0.25, 0.3) is 11.8 Å². The highest BCUT2D eigenvalue weighted by Crippen LogP contribution is 2.23. The van der Waals surface area contributed by atoms with E-state index in [1.54, 1.807) is 42.5 Å². The second-order valence-corrected chi connectivity index (χ2v) is 6.44. The third-order valence-corrected chi connectivity index (χ3v) is 4.42. The van der Waals surface area contributed by atoms with Gasteiger partial charge in [0, 0.05) is 22.9 Å². The van der Waals surface area contributed by atoms with Crippen LogP contribution in [0.2, 0.25) is 0 Å². The number of anilines is 2. The van der Waals surface area contributed by atoms with Crippen LogP contribution in [-0.4, -0.2) is 37.1 Å². The zero-order valence-electron chi connectivity index (χ0n) is 16.8. The van der Waals surface area contributed by atoms with E-state index in [1.165, 1.54) is 38.5 Å². The number of methoxy groups -OCH3 is 2. The summed E-state index contributed by atoms with van der Waals surface area (Å²) in [6.07, 6.45) is 0. The molecule has 0 aliphatic rings. The minimum Gasteiger partial charge on any atom is -0.497 e. The number of hydrogen-bond donors (Lipinski definition) is 3. The molecule has 3 rings (SSSR count). The predicted molar refractivity (Wildman–Crippen MR) is 115 cm³/mol. The standard InChI is InChI=1S/C23H20N2O6/c1-30-17-11-15(12-18(13-17)31-2)22(27)24-16-9-7-14(8-10-16)21(26)25-20-6-4-3-5-19(20)23(28)29/h3-13H,1-2H3,(H,24,27)(H,25,26)(H,28,29). The molecule has 0 fully saturated rings. The lowest BCUT2D eigenvalue weighted by Gasteiger charge is -2.10. The molecule has 0 spiro atoms. The molecule has 0 bridgehead atoms. The van der Waals surface area contributed by atoms with Gasteiger partial charge < -0.3 is 25.2 Å². The number of nitrogens with one attached hydrogen (secondary N) is 2. The third kappa shape index (κ3) is 5.18. The lowest BCUT2D eigenvalue weighted by molar-refractivity contribution is 0.0697. The smallest absolute Gasteiger partial charge is 0.337 e. The molecule has 0 aromatic heterocycles. The summed E-state index contributed by atoms with van der Waals surface area (Å²) in [6.45, 7) is 0. The Hall–Kier alpha value is -4.33. The molecule has 0 heterocycles. The number of carbonyl (C=O) groups is 3. The molecule has 3 aromatic carbocycles. The van der Waals surface area contributed by atoms with Gasteiger partial charge in [0.05, 0.1) is 25.5 Å². The van der Waals surface area contributed by atoms with Crippen LogP contribution in [0.15, 0.2) is 66.7 Å². The summed E-state index contributed by atoms with van der Waals surface area (Å²) >= 11 is 0. The highest BCUT2D eigenvalue weighted by Gasteiger charge is 2.14. The second kappa shape index (κ2) is 9.45. The molecule has 3 N–H and O–H groups in total. The summed E-state index contributed by atoms with van der Waals surface area (Å²) in [4.78, 5) is 36.3. The maximum Gasteiger partial charge on any atom is 0.337 e. The number of carbonyl (C=O) groups excluding carboxylic acids is 2.